The van der Waals surface area contributed by atoms with Gasteiger partial charge in [-0.2, -0.15) is 5.10 Å². The third-order valence-electron chi connectivity index (χ3n) is 2.97. The van der Waals surface area contributed by atoms with Crippen molar-refractivity contribution in [3.05, 3.63) is 48.2 Å². The number of anilines is 1. The molecule has 1 heterocycles. The van der Waals surface area contributed by atoms with Gasteiger partial charge in [0.1, 0.15) is 5.82 Å². The molecule has 1 unspecified atom stereocenters. The predicted molar refractivity (Wildman–Crippen MR) is 78.2 cm³/mol. The summed E-state index contributed by atoms with van der Waals surface area (Å²) >= 11 is 0. The average Bonchev–Trinajstić information content (AvgIpc) is 2.85. The molecule has 0 radical (unpaired) electrons. The van der Waals surface area contributed by atoms with E-state index in [9.17, 15) is 0 Å². The van der Waals surface area contributed by atoms with Crippen molar-refractivity contribution in [1.82, 2.24) is 9.78 Å². The lowest BCUT2D eigenvalue weighted by Gasteiger charge is -2.08. The number of hydrogen-bond acceptors (Lipinski definition) is 2. The number of benzene rings is 1. The monoisotopic (exact) mass is 265 g/mol. The van der Waals surface area contributed by atoms with E-state index in [0.29, 0.717) is 6.04 Å². The normalized spacial score (nSPS) is 11.7. The fourth-order valence-electron chi connectivity index (χ4n) is 1.65. The van der Waals surface area contributed by atoms with Crippen molar-refractivity contribution in [2.24, 2.45) is 0 Å². The molecule has 98 valence electrons. The quantitative estimate of drug-likeness (QED) is 0.889. The number of rotatable bonds is 5. The molecule has 2 aromatic rings. The third kappa shape index (κ3) is 3.77. The van der Waals surface area contributed by atoms with E-state index < -0.39 is 0 Å². The van der Waals surface area contributed by atoms with Gasteiger partial charge in [0.05, 0.1) is 0 Å². The van der Waals surface area contributed by atoms with E-state index in [1.54, 1.807) is 0 Å². The van der Waals surface area contributed by atoms with Gasteiger partial charge in [0, 0.05) is 24.8 Å². The van der Waals surface area contributed by atoms with Gasteiger partial charge in [-0.25, -0.2) is 0 Å². The zero-order valence-corrected chi connectivity index (χ0v) is 11.7. The van der Waals surface area contributed by atoms with Gasteiger partial charge in [-0.1, -0.05) is 37.3 Å². The van der Waals surface area contributed by atoms with Gasteiger partial charge in [-0.05, 0) is 18.9 Å². The van der Waals surface area contributed by atoms with E-state index in [4.69, 9.17) is 0 Å². The Kier molecular flexibility index (Phi) is 5.72. The predicted octanol–water partition coefficient (Wildman–Crippen LogP) is 3.89. The first-order valence-electron chi connectivity index (χ1n) is 6.12. The summed E-state index contributed by atoms with van der Waals surface area (Å²) in [7, 11) is 0. The van der Waals surface area contributed by atoms with Crippen molar-refractivity contribution < 1.29 is 0 Å². The molecule has 2 rings (SSSR count). The molecule has 0 saturated heterocycles. The minimum atomic E-state index is 0. The molecule has 4 heteroatoms. The smallest absolute Gasteiger partial charge is 0.148 e. The molecule has 1 atom stereocenters. The maximum absolute atomic E-state index is 4.50. The molecular formula is C14H20ClN3. The highest BCUT2D eigenvalue weighted by molar-refractivity contribution is 5.85. The molecule has 0 saturated carbocycles. The van der Waals surface area contributed by atoms with Crippen LogP contribution in [0.5, 0.6) is 0 Å². The van der Waals surface area contributed by atoms with Crippen LogP contribution < -0.4 is 5.32 Å². The van der Waals surface area contributed by atoms with Gasteiger partial charge in [0.25, 0.3) is 0 Å². The third-order valence-corrected chi connectivity index (χ3v) is 2.97. The summed E-state index contributed by atoms with van der Waals surface area (Å²) in [4.78, 5) is 0. The van der Waals surface area contributed by atoms with Crippen LogP contribution >= 0.6 is 12.4 Å². The van der Waals surface area contributed by atoms with Gasteiger partial charge in [0.2, 0.25) is 0 Å². The lowest BCUT2D eigenvalue weighted by atomic mass is 10.2. The largest absolute Gasteiger partial charge is 0.365 e. The van der Waals surface area contributed by atoms with Gasteiger partial charge in [-0.3, -0.25) is 4.68 Å². The van der Waals surface area contributed by atoms with Gasteiger partial charge >= 0.3 is 0 Å². The highest BCUT2D eigenvalue weighted by atomic mass is 35.5. The number of hydrogen-bond donors (Lipinski definition) is 1. The summed E-state index contributed by atoms with van der Waals surface area (Å²) in [5.74, 6) is 0.939. The Morgan fingerprint density at radius 3 is 2.61 bits per heavy atom. The highest BCUT2D eigenvalue weighted by Gasteiger charge is 2.03. The minimum absolute atomic E-state index is 0. The molecule has 0 aliphatic rings. The Hall–Kier alpha value is -1.48. The fourth-order valence-corrected chi connectivity index (χ4v) is 1.65. The Balaban J connectivity index is 0.00000162. The molecule has 0 spiro atoms. The van der Waals surface area contributed by atoms with Crippen LogP contribution in [0.15, 0.2) is 42.6 Å². The molecule has 0 aliphatic carbocycles. The molecule has 1 aromatic heterocycles. The second-order valence-corrected chi connectivity index (χ2v) is 4.28. The standard InChI is InChI=1S/C14H19N3.ClH/c1-3-12(2)17-10-9-14(16-17)15-11-13-7-5-4-6-8-13;/h4-10,12H,3,11H2,1-2H3,(H,15,16);1H. The van der Waals surface area contributed by atoms with Crippen molar-refractivity contribution in [3.63, 3.8) is 0 Å². The molecule has 3 nitrogen and oxygen atoms in total. The molecule has 0 aliphatic heterocycles. The lowest BCUT2D eigenvalue weighted by molar-refractivity contribution is 0.479. The summed E-state index contributed by atoms with van der Waals surface area (Å²) in [5.41, 5.74) is 1.27. The first-order chi connectivity index (χ1) is 8.29. The van der Waals surface area contributed by atoms with Crippen LogP contribution in [0.25, 0.3) is 0 Å². The number of nitrogens with one attached hydrogen (secondary N) is 1. The molecule has 1 N–H and O–H groups in total. The van der Waals surface area contributed by atoms with Crippen molar-refractivity contribution >= 4 is 18.2 Å². The molecule has 1 aromatic carbocycles. The van der Waals surface area contributed by atoms with Gasteiger partial charge in [-0.15, -0.1) is 12.4 Å². The van der Waals surface area contributed by atoms with Crippen LogP contribution in [0.4, 0.5) is 5.82 Å². The van der Waals surface area contributed by atoms with E-state index in [0.717, 1.165) is 18.8 Å². The van der Waals surface area contributed by atoms with Crippen molar-refractivity contribution in [1.29, 1.82) is 0 Å². The van der Waals surface area contributed by atoms with E-state index >= 15 is 0 Å². The van der Waals surface area contributed by atoms with Gasteiger partial charge in [0.15, 0.2) is 0 Å². The summed E-state index contributed by atoms with van der Waals surface area (Å²) < 4.78 is 2.01. The van der Waals surface area contributed by atoms with Crippen LogP contribution in [0, 0.1) is 0 Å². The Labute approximate surface area is 115 Å². The number of aromatic nitrogens is 2. The summed E-state index contributed by atoms with van der Waals surface area (Å²) in [6.07, 6.45) is 3.13. The van der Waals surface area contributed by atoms with E-state index in [-0.39, 0.29) is 12.4 Å². The van der Waals surface area contributed by atoms with Crippen molar-refractivity contribution in [2.75, 3.05) is 5.32 Å². The van der Waals surface area contributed by atoms with Crippen molar-refractivity contribution in [2.45, 2.75) is 32.9 Å². The van der Waals surface area contributed by atoms with Crippen molar-refractivity contribution in [3.8, 4) is 0 Å². The second kappa shape index (κ2) is 7.07. The molecular weight excluding hydrogens is 246 g/mol. The topological polar surface area (TPSA) is 29.9 Å². The maximum Gasteiger partial charge on any atom is 0.148 e. The fraction of sp³-hybridized carbons (Fsp3) is 0.357. The lowest BCUT2D eigenvalue weighted by Crippen LogP contribution is -2.06. The Bertz CT molecular complexity index is 453. The van der Waals surface area contributed by atoms with Crippen LogP contribution in [-0.4, -0.2) is 9.78 Å². The first kappa shape index (κ1) is 14.6. The first-order valence-corrected chi connectivity index (χ1v) is 6.12. The maximum atomic E-state index is 4.50. The Morgan fingerprint density at radius 2 is 1.94 bits per heavy atom. The SMILES string of the molecule is CCC(C)n1ccc(NCc2ccccc2)n1.Cl. The minimum Gasteiger partial charge on any atom is -0.365 e. The zero-order chi connectivity index (χ0) is 12.1. The average molecular weight is 266 g/mol. The van der Waals surface area contributed by atoms with Crippen LogP contribution in [0.3, 0.4) is 0 Å². The van der Waals surface area contributed by atoms with E-state index in [2.05, 4.69) is 48.5 Å². The molecule has 0 bridgehead atoms. The van der Waals surface area contributed by atoms with E-state index in [1.165, 1.54) is 5.56 Å². The highest BCUT2D eigenvalue weighted by Crippen LogP contribution is 2.12. The zero-order valence-electron chi connectivity index (χ0n) is 10.8. The number of nitrogens with zero attached hydrogens (tertiary/aromatic N) is 2. The summed E-state index contributed by atoms with van der Waals surface area (Å²) in [5, 5.41) is 7.83. The number of halogens is 1. The molecule has 0 fully saturated rings. The second-order valence-electron chi connectivity index (χ2n) is 4.28. The van der Waals surface area contributed by atoms with Gasteiger partial charge < -0.3 is 5.32 Å². The van der Waals surface area contributed by atoms with E-state index in [1.807, 2.05) is 23.0 Å². The molecule has 18 heavy (non-hydrogen) atoms. The summed E-state index contributed by atoms with van der Waals surface area (Å²) in [6.45, 7) is 5.16. The Morgan fingerprint density at radius 1 is 1.22 bits per heavy atom. The molecule has 0 amide bonds. The summed E-state index contributed by atoms with van der Waals surface area (Å²) in [6, 6.07) is 12.8. The van der Waals surface area contributed by atoms with Crippen LogP contribution in [0.1, 0.15) is 31.9 Å². The van der Waals surface area contributed by atoms with Crippen LogP contribution in [-0.2, 0) is 6.54 Å². The van der Waals surface area contributed by atoms with Crippen LogP contribution in [0.2, 0.25) is 0 Å².